The van der Waals surface area contributed by atoms with Crippen LogP contribution in [-0.4, -0.2) is 8.07 Å². The Kier molecular flexibility index (Phi) is 4.30. The summed E-state index contributed by atoms with van der Waals surface area (Å²) in [6, 6.07) is 0. The maximum absolute atomic E-state index is 2.57. The van der Waals surface area contributed by atoms with Crippen molar-refractivity contribution in [2.45, 2.75) is 73.9 Å². The Morgan fingerprint density at radius 2 is 1.11 bits per heavy atom. The van der Waals surface area contributed by atoms with Gasteiger partial charge in [0.2, 0.25) is 0 Å². The van der Waals surface area contributed by atoms with Gasteiger partial charge >= 0.3 is 0 Å². The van der Waals surface area contributed by atoms with E-state index in [2.05, 4.69) is 91.2 Å². The Morgan fingerprint density at radius 3 is 1.63 bits per heavy atom. The van der Waals surface area contributed by atoms with E-state index >= 15 is 0 Å². The molecule has 0 saturated carbocycles. The molecule has 0 aliphatic carbocycles. The van der Waals surface area contributed by atoms with E-state index in [1.807, 2.05) is 11.3 Å². The lowest BCUT2D eigenvalue weighted by atomic mass is 9.92. The minimum absolute atomic E-state index is 0.234. The predicted molar refractivity (Wildman–Crippen MR) is 130 cm³/mol. The molecule has 0 amide bonds. The first-order valence-electron chi connectivity index (χ1n) is 9.72. The van der Waals surface area contributed by atoms with Gasteiger partial charge in [0.25, 0.3) is 0 Å². The monoisotopic (exact) mass is 430 g/mol. The van der Waals surface area contributed by atoms with E-state index in [4.69, 9.17) is 0 Å². The summed E-state index contributed by atoms with van der Waals surface area (Å²) in [5, 5.41) is 3.44. The molecule has 0 saturated heterocycles. The first kappa shape index (κ1) is 19.6. The summed E-state index contributed by atoms with van der Waals surface area (Å²) in [6.07, 6.45) is 0. The number of hydrogen-bond donors (Lipinski definition) is 0. The zero-order valence-electron chi connectivity index (χ0n) is 18.2. The molecule has 0 fully saturated rings. The van der Waals surface area contributed by atoms with Crippen molar-refractivity contribution in [2.24, 2.45) is 0 Å². The maximum Gasteiger partial charge on any atom is 0.116 e. The largest absolute Gasteiger partial charge is 0.139 e. The minimum atomic E-state index is -1.64. The molecular weight excluding hydrogens is 401 g/mol. The number of aryl methyl sites for hydroxylation is 1. The Labute approximate surface area is 177 Å². The first-order valence-corrected chi connectivity index (χ1v) is 15.2. The lowest BCUT2D eigenvalue weighted by Crippen LogP contribution is -2.50. The van der Waals surface area contributed by atoms with Crippen molar-refractivity contribution < 1.29 is 0 Å². The Morgan fingerprint density at radius 1 is 0.593 bits per heavy atom. The second-order valence-electron chi connectivity index (χ2n) is 9.63. The van der Waals surface area contributed by atoms with Gasteiger partial charge in [-0.05, 0) is 72.7 Å². The topological polar surface area (TPSA) is 0 Å². The molecule has 0 radical (unpaired) electrons. The fraction of sp³-hybridized carbons (Fsp3) is 0.478. The van der Waals surface area contributed by atoms with E-state index in [-0.39, 0.29) is 5.41 Å². The number of fused-ring (bicyclic) bond motifs is 3. The molecule has 0 unspecified atom stereocenters. The standard InChI is InChI=1S/C23H30S3Si/c1-11-12(2)16(24-15(11)5)17-13(3)20-18(25-17)19-21(27(20,9)10)14(4)22(26-19)23(6,7)8/h1-10H3. The molecule has 0 spiro atoms. The lowest BCUT2D eigenvalue weighted by molar-refractivity contribution is 0.601. The highest BCUT2D eigenvalue weighted by Crippen LogP contribution is 2.49. The normalized spacial score (nSPS) is 15.3. The Hall–Kier alpha value is -0.683. The zero-order chi connectivity index (χ0) is 20.0. The van der Waals surface area contributed by atoms with Crippen LogP contribution in [0.2, 0.25) is 13.1 Å². The average Bonchev–Trinajstić information content (AvgIpc) is 3.20. The van der Waals surface area contributed by atoms with Crippen molar-refractivity contribution in [3.05, 3.63) is 32.0 Å². The van der Waals surface area contributed by atoms with Gasteiger partial charge in [0.1, 0.15) is 8.07 Å². The van der Waals surface area contributed by atoms with Crippen molar-refractivity contribution in [3.8, 4) is 19.5 Å². The highest BCUT2D eigenvalue weighted by molar-refractivity contribution is 7.32. The van der Waals surface area contributed by atoms with Crippen LogP contribution in [0.5, 0.6) is 0 Å². The molecule has 144 valence electrons. The molecular formula is C23H30S3Si. The molecule has 0 bridgehead atoms. The summed E-state index contributed by atoms with van der Waals surface area (Å²) < 4.78 is 0. The van der Waals surface area contributed by atoms with E-state index in [0.29, 0.717) is 0 Å². The number of thiophene rings is 3. The van der Waals surface area contributed by atoms with Gasteiger partial charge in [0.15, 0.2) is 0 Å². The van der Waals surface area contributed by atoms with Crippen molar-refractivity contribution in [1.29, 1.82) is 0 Å². The predicted octanol–water partition coefficient (Wildman–Crippen LogP) is 7.18. The lowest BCUT2D eigenvalue weighted by Gasteiger charge is -2.23. The molecule has 1 aliphatic heterocycles. The van der Waals surface area contributed by atoms with Gasteiger partial charge < -0.3 is 0 Å². The molecule has 3 aromatic heterocycles. The van der Waals surface area contributed by atoms with Gasteiger partial charge in [-0.25, -0.2) is 0 Å². The van der Waals surface area contributed by atoms with Crippen LogP contribution in [0, 0.1) is 34.6 Å². The van der Waals surface area contributed by atoms with Gasteiger partial charge in [0, 0.05) is 29.3 Å². The average molecular weight is 431 g/mol. The third-order valence-electron chi connectivity index (χ3n) is 6.32. The molecule has 1 aliphatic rings. The summed E-state index contributed by atoms with van der Waals surface area (Å²) in [4.78, 5) is 9.30. The second kappa shape index (κ2) is 5.91. The van der Waals surface area contributed by atoms with Gasteiger partial charge in [-0.1, -0.05) is 33.9 Å². The quantitative estimate of drug-likeness (QED) is 0.359. The van der Waals surface area contributed by atoms with Crippen LogP contribution in [0.3, 0.4) is 0 Å². The highest BCUT2D eigenvalue weighted by Gasteiger charge is 2.45. The summed E-state index contributed by atoms with van der Waals surface area (Å²) in [5.74, 6) is 0. The molecule has 4 heterocycles. The van der Waals surface area contributed by atoms with Gasteiger partial charge in [-0.3, -0.25) is 0 Å². The third-order valence-corrected chi connectivity index (χ3v) is 15.1. The van der Waals surface area contributed by atoms with Crippen LogP contribution in [0.4, 0.5) is 0 Å². The SMILES string of the molecule is Cc1sc(-c2sc3c(c2C)[Si](C)(C)c2c-3sc(C(C)(C)C)c2C)c(C)c1C. The van der Waals surface area contributed by atoms with Crippen LogP contribution in [0.15, 0.2) is 0 Å². The molecule has 0 nitrogen and oxygen atoms in total. The highest BCUT2D eigenvalue weighted by atomic mass is 32.1. The van der Waals surface area contributed by atoms with Crippen LogP contribution in [0.25, 0.3) is 19.5 Å². The number of hydrogen-bond acceptors (Lipinski definition) is 3. The van der Waals surface area contributed by atoms with Crippen LogP contribution < -0.4 is 10.4 Å². The number of rotatable bonds is 1. The molecule has 4 rings (SSSR count). The van der Waals surface area contributed by atoms with Gasteiger partial charge in [-0.2, -0.15) is 0 Å². The first-order chi connectivity index (χ1) is 12.4. The molecule has 0 N–H and O–H groups in total. The fourth-order valence-electron chi connectivity index (χ4n) is 4.87. The summed E-state index contributed by atoms with van der Waals surface area (Å²) in [6.45, 7) is 23.9. The van der Waals surface area contributed by atoms with Crippen molar-refractivity contribution >= 4 is 52.5 Å². The Balaban J connectivity index is 2.00. The molecule has 4 heteroatoms. The second-order valence-corrected chi connectivity index (χ2v) is 17.1. The molecule has 3 aromatic rings. The minimum Gasteiger partial charge on any atom is -0.139 e. The fourth-order valence-corrected chi connectivity index (χ4v) is 14.9. The summed E-state index contributed by atoms with van der Waals surface area (Å²) >= 11 is 6.14. The zero-order valence-corrected chi connectivity index (χ0v) is 21.7. The Bertz CT molecular complexity index is 1080. The van der Waals surface area contributed by atoms with Crippen LogP contribution in [0.1, 0.15) is 52.8 Å². The molecule has 0 atom stereocenters. The maximum atomic E-state index is 2.57. The molecule has 0 aromatic carbocycles. The van der Waals surface area contributed by atoms with Crippen molar-refractivity contribution in [3.63, 3.8) is 0 Å². The third kappa shape index (κ3) is 2.56. The van der Waals surface area contributed by atoms with Crippen molar-refractivity contribution in [1.82, 2.24) is 0 Å². The van der Waals surface area contributed by atoms with Crippen LogP contribution in [-0.2, 0) is 5.41 Å². The van der Waals surface area contributed by atoms with E-state index in [1.54, 1.807) is 36.1 Å². The van der Waals surface area contributed by atoms with E-state index in [9.17, 15) is 0 Å². The van der Waals surface area contributed by atoms with E-state index in [0.717, 1.165) is 0 Å². The van der Waals surface area contributed by atoms with E-state index < -0.39 is 8.07 Å². The van der Waals surface area contributed by atoms with Gasteiger partial charge in [-0.15, -0.1) is 34.0 Å². The van der Waals surface area contributed by atoms with E-state index in [1.165, 1.54) is 25.8 Å². The summed E-state index contributed by atoms with van der Waals surface area (Å²) in [7, 11) is -1.64. The van der Waals surface area contributed by atoms with Crippen molar-refractivity contribution in [2.75, 3.05) is 0 Å². The molecule has 27 heavy (non-hydrogen) atoms. The van der Waals surface area contributed by atoms with Crippen LogP contribution >= 0.6 is 34.0 Å². The van der Waals surface area contributed by atoms with Gasteiger partial charge in [0.05, 0.1) is 0 Å². The summed E-state index contributed by atoms with van der Waals surface area (Å²) in [5.41, 5.74) is 6.34. The smallest absolute Gasteiger partial charge is 0.116 e.